The van der Waals surface area contributed by atoms with E-state index in [1.165, 1.54) is 0 Å². The highest BCUT2D eigenvalue weighted by Crippen LogP contribution is 2.22. The van der Waals surface area contributed by atoms with E-state index in [4.69, 9.17) is 21.1 Å². The molecule has 0 unspecified atom stereocenters. The van der Waals surface area contributed by atoms with Crippen LogP contribution in [-0.2, 0) is 11.3 Å². The summed E-state index contributed by atoms with van der Waals surface area (Å²) in [6, 6.07) is 13.0. The first kappa shape index (κ1) is 19.1. The molecule has 0 saturated carbocycles. The second-order valence-corrected chi connectivity index (χ2v) is 6.61. The summed E-state index contributed by atoms with van der Waals surface area (Å²) in [5.74, 6) is 1.24. The third-order valence-corrected chi connectivity index (χ3v) is 3.97. The molecule has 0 bridgehead atoms. The Labute approximate surface area is 154 Å². The molecule has 0 aromatic heterocycles. The van der Waals surface area contributed by atoms with Gasteiger partial charge in [0.1, 0.15) is 11.5 Å². The van der Waals surface area contributed by atoms with E-state index < -0.39 is 6.10 Å². The number of ether oxygens (including phenoxy) is 2. The monoisotopic (exact) mass is 361 g/mol. The van der Waals surface area contributed by atoms with Crippen LogP contribution in [0, 0.1) is 6.92 Å². The van der Waals surface area contributed by atoms with Crippen molar-refractivity contribution in [3.63, 3.8) is 0 Å². The van der Waals surface area contributed by atoms with Crippen molar-refractivity contribution in [2.24, 2.45) is 0 Å². The van der Waals surface area contributed by atoms with Gasteiger partial charge in [-0.2, -0.15) is 0 Å². The van der Waals surface area contributed by atoms with Crippen LogP contribution in [-0.4, -0.2) is 18.1 Å². The van der Waals surface area contributed by atoms with E-state index in [0.29, 0.717) is 17.3 Å². The SMILES string of the molecule is Cc1cc(O[C@H](C)C(=O)NCc2cccc(OC(C)C)c2)ccc1Cl. The number of amides is 1. The lowest BCUT2D eigenvalue weighted by Crippen LogP contribution is -2.35. The maximum absolute atomic E-state index is 12.2. The van der Waals surface area contributed by atoms with Crippen molar-refractivity contribution in [2.75, 3.05) is 0 Å². The number of aryl methyl sites for hydroxylation is 1. The second-order valence-electron chi connectivity index (χ2n) is 6.20. The zero-order chi connectivity index (χ0) is 18.4. The van der Waals surface area contributed by atoms with Gasteiger partial charge in [-0.1, -0.05) is 23.7 Å². The van der Waals surface area contributed by atoms with Crippen LogP contribution < -0.4 is 14.8 Å². The molecule has 0 heterocycles. The number of nitrogens with one attached hydrogen (secondary N) is 1. The van der Waals surface area contributed by atoms with Crippen LogP contribution in [0.15, 0.2) is 42.5 Å². The smallest absolute Gasteiger partial charge is 0.261 e. The van der Waals surface area contributed by atoms with Crippen molar-refractivity contribution < 1.29 is 14.3 Å². The maximum atomic E-state index is 12.2. The van der Waals surface area contributed by atoms with E-state index in [9.17, 15) is 4.79 Å². The van der Waals surface area contributed by atoms with Crippen molar-refractivity contribution in [3.8, 4) is 11.5 Å². The molecule has 2 aromatic carbocycles. The number of halogens is 1. The highest BCUT2D eigenvalue weighted by molar-refractivity contribution is 6.31. The van der Waals surface area contributed by atoms with Crippen LogP contribution in [0.25, 0.3) is 0 Å². The quantitative estimate of drug-likeness (QED) is 0.788. The molecule has 1 N–H and O–H groups in total. The molecule has 2 aromatic rings. The van der Waals surface area contributed by atoms with Crippen LogP contribution in [0.4, 0.5) is 0 Å². The number of rotatable bonds is 7. The van der Waals surface area contributed by atoms with Gasteiger partial charge in [-0.25, -0.2) is 0 Å². The van der Waals surface area contributed by atoms with Crippen LogP contribution in [0.1, 0.15) is 31.9 Å². The molecular formula is C20H24ClNO3. The molecule has 0 radical (unpaired) electrons. The average Bonchev–Trinajstić information content (AvgIpc) is 2.55. The summed E-state index contributed by atoms with van der Waals surface area (Å²) in [7, 11) is 0. The Bertz CT molecular complexity index is 731. The van der Waals surface area contributed by atoms with Crippen LogP contribution in [0.3, 0.4) is 0 Å². The van der Waals surface area contributed by atoms with Gasteiger partial charge in [-0.3, -0.25) is 4.79 Å². The zero-order valence-electron chi connectivity index (χ0n) is 15.0. The van der Waals surface area contributed by atoms with E-state index in [1.54, 1.807) is 19.1 Å². The predicted octanol–water partition coefficient (Wildman–Crippen LogP) is 4.52. The minimum Gasteiger partial charge on any atom is -0.491 e. The Hall–Kier alpha value is -2.20. The average molecular weight is 362 g/mol. The molecule has 2 rings (SSSR count). The lowest BCUT2D eigenvalue weighted by molar-refractivity contribution is -0.127. The summed E-state index contributed by atoms with van der Waals surface area (Å²) in [4.78, 5) is 12.2. The molecule has 1 amide bonds. The minimum atomic E-state index is -0.601. The topological polar surface area (TPSA) is 47.6 Å². The van der Waals surface area contributed by atoms with Gasteiger partial charge in [0.25, 0.3) is 5.91 Å². The van der Waals surface area contributed by atoms with E-state index in [1.807, 2.05) is 51.1 Å². The Morgan fingerprint density at radius 3 is 2.48 bits per heavy atom. The Morgan fingerprint density at radius 2 is 1.80 bits per heavy atom. The molecule has 5 heteroatoms. The summed E-state index contributed by atoms with van der Waals surface area (Å²) in [5, 5.41) is 3.55. The number of hydrogen-bond donors (Lipinski definition) is 1. The summed E-state index contributed by atoms with van der Waals surface area (Å²) in [6.45, 7) is 7.99. The fourth-order valence-corrected chi connectivity index (χ4v) is 2.40. The fourth-order valence-electron chi connectivity index (χ4n) is 2.28. The molecule has 1 atom stereocenters. The first-order valence-corrected chi connectivity index (χ1v) is 8.69. The molecule has 0 aliphatic rings. The van der Waals surface area contributed by atoms with Gasteiger partial charge in [-0.15, -0.1) is 0 Å². The maximum Gasteiger partial charge on any atom is 0.261 e. The summed E-state index contributed by atoms with van der Waals surface area (Å²) >= 11 is 6.00. The number of carbonyl (C=O) groups excluding carboxylic acids is 1. The van der Waals surface area contributed by atoms with Gasteiger partial charge in [-0.05, 0) is 69.2 Å². The molecule has 134 valence electrons. The van der Waals surface area contributed by atoms with E-state index in [-0.39, 0.29) is 12.0 Å². The second kappa shape index (κ2) is 8.77. The van der Waals surface area contributed by atoms with Gasteiger partial charge >= 0.3 is 0 Å². The molecule has 0 aliphatic heterocycles. The minimum absolute atomic E-state index is 0.112. The van der Waals surface area contributed by atoms with E-state index >= 15 is 0 Å². The highest BCUT2D eigenvalue weighted by Gasteiger charge is 2.15. The molecule has 0 spiro atoms. The van der Waals surface area contributed by atoms with Gasteiger partial charge < -0.3 is 14.8 Å². The lowest BCUT2D eigenvalue weighted by Gasteiger charge is -2.16. The van der Waals surface area contributed by atoms with Gasteiger partial charge in [0.05, 0.1) is 6.10 Å². The van der Waals surface area contributed by atoms with Crippen LogP contribution in [0.2, 0.25) is 5.02 Å². The van der Waals surface area contributed by atoms with Gasteiger partial charge in [0.2, 0.25) is 0 Å². The lowest BCUT2D eigenvalue weighted by atomic mass is 10.2. The largest absolute Gasteiger partial charge is 0.491 e. The van der Waals surface area contributed by atoms with Crippen LogP contribution in [0.5, 0.6) is 11.5 Å². The van der Waals surface area contributed by atoms with Crippen molar-refractivity contribution >= 4 is 17.5 Å². The zero-order valence-corrected chi connectivity index (χ0v) is 15.8. The Morgan fingerprint density at radius 1 is 1.08 bits per heavy atom. The third-order valence-electron chi connectivity index (χ3n) is 3.55. The molecular weight excluding hydrogens is 338 g/mol. The van der Waals surface area contributed by atoms with E-state index in [2.05, 4.69) is 5.32 Å². The van der Waals surface area contributed by atoms with Crippen LogP contribution >= 0.6 is 11.6 Å². The summed E-state index contributed by atoms with van der Waals surface area (Å²) < 4.78 is 11.3. The Balaban J connectivity index is 1.89. The molecule has 0 saturated heterocycles. The third kappa shape index (κ3) is 5.98. The van der Waals surface area contributed by atoms with Gasteiger partial charge in [0, 0.05) is 11.6 Å². The first-order chi connectivity index (χ1) is 11.8. The Kier molecular flexibility index (Phi) is 6.71. The summed E-state index contributed by atoms with van der Waals surface area (Å²) in [6.07, 6.45) is -0.489. The first-order valence-electron chi connectivity index (χ1n) is 8.31. The molecule has 25 heavy (non-hydrogen) atoms. The highest BCUT2D eigenvalue weighted by atomic mass is 35.5. The number of carbonyl (C=O) groups is 1. The molecule has 0 aliphatic carbocycles. The molecule has 4 nitrogen and oxygen atoms in total. The number of benzene rings is 2. The van der Waals surface area contributed by atoms with Crippen molar-refractivity contribution in [1.82, 2.24) is 5.32 Å². The standard InChI is InChI=1S/C20H24ClNO3/c1-13(2)24-17-7-5-6-16(11-17)12-22-20(23)15(4)25-18-8-9-19(21)14(3)10-18/h5-11,13,15H,12H2,1-4H3,(H,22,23)/t15-/m1/s1. The predicted molar refractivity (Wildman–Crippen MR) is 100 cm³/mol. The normalized spacial score (nSPS) is 11.9. The van der Waals surface area contributed by atoms with Crippen molar-refractivity contribution in [3.05, 3.63) is 58.6 Å². The number of hydrogen-bond acceptors (Lipinski definition) is 3. The molecule has 0 fully saturated rings. The fraction of sp³-hybridized carbons (Fsp3) is 0.350. The van der Waals surface area contributed by atoms with E-state index in [0.717, 1.165) is 16.9 Å². The summed E-state index contributed by atoms with van der Waals surface area (Å²) in [5.41, 5.74) is 1.88. The van der Waals surface area contributed by atoms with Crippen molar-refractivity contribution in [1.29, 1.82) is 0 Å². The van der Waals surface area contributed by atoms with Crippen molar-refractivity contribution in [2.45, 2.75) is 46.4 Å². The van der Waals surface area contributed by atoms with Gasteiger partial charge in [0.15, 0.2) is 6.10 Å².